The number of rotatable bonds is 2. The molecule has 0 aromatic heterocycles. The number of nitrogens with zero attached hydrogens (tertiary/aromatic N) is 1. The third-order valence-corrected chi connectivity index (χ3v) is 6.95. The zero-order valence-corrected chi connectivity index (χ0v) is 13.1. The molecule has 1 heterocycles. The largest absolute Gasteiger partial charge is 0.325 e. The topological polar surface area (TPSA) is 46.3 Å². The summed E-state index contributed by atoms with van der Waals surface area (Å²) < 4.78 is 0. The van der Waals surface area contributed by atoms with Crippen molar-refractivity contribution in [2.45, 2.75) is 55.9 Å². The fourth-order valence-electron chi connectivity index (χ4n) is 6.22. The minimum Gasteiger partial charge on any atom is -0.325 e. The number of amides is 1. The van der Waals surface area contributed by atoms with Crippen LogP contribution in [-0.2, 0) is 10.2 Å². The van der Waals surface area contributed by atoms with Crippen LogP contribution in [0.5, 0.6) is 0 Å². The monoisotopic (exact) mass is 296 g/mol. The van der Waals surface area contributed by atoms with E-state index in [2.05, 4.69) is 24.3 Å². The molecule has 1 aromatic rings. The Bertz CT molecular complexity index is 639. The second-order valence-electron chi connectivity index (χ2n) is 8.30. The summed E-state index contributed by atoms with van der Waals surface area (Å²) in [5.41, 5.74) is 9.68. The molecule has 5 aliphatic rings. The summed E-state index contributed by atoms with van der Waals surface area (Å²) in [6.07, 6.45) is 8.07. The summed E-state index contributed by atoms with van der Waals surface area (Å²) in [5.74, 6) is 1.86. The van der Waals surface area contributed by atoms with Gasteiger partial charge in [0.05, 0.1) is 0 Å². The number of hydrogen-bond donors (Lipinski definition) is 1. The highest BCUT2D eigenvalue weighted by molar-refractivity contribution is 5.95. The molecular weight excluding hydrogens is 272 g/mol. The minimum atomic E-state index is 0.118. The summed E-state index contributed by atoms with van der Waals surface area (Å²) in [7, 11) is 0. The highest BCUT2D eigenvalue weighted by Crippen LogP contribution is 2.65. The van der Waals surface area contributed by atoms with E-state index in [0.29, 0.717) is 11.8 Å². The molecule has 116 valence electrons. The second-order valence-corrected chi connectivity index (χ2v) is 8.30. The Labute approximate surface area is 131 Å². The van der Waals surface area contributed by atoms with Crippen molar-refractivity contribution in [1.82, 2.24) is 0 Å². The number of carbonyl (C=O) groups excluding carboxylic acids is 1. The van der Waals surface area contributed by atoms with Crippen molar-refractivity contribution < 1.29 is 4.79 Å². The summed E-state index contributed by atoms with van der Waals surface area (Å²) in [5, 5.41) is 0. The molecule has 1 aliphatic heterocycles. The van der Waals surface area contributed by atoms with E-state index in [1.807, 2.05) is 4.90 Å². The number of hydrogen-bond acceptors (Lipinski definition) is 2. The summed E-state index contributed by atoms with van der Waals surface area (Å²) in [4.78, 5) is 13.8. The van der Waals surface area contributed by atoms with Crippen molar-refractivity contribution >= 4 is 11.6 Å². The molecule has 4 saturated carbocycles. The molecule has 3 heteroatoms. The molecule has 4 bridgehead atoms. The van der Waals surface area contributed by atoms with Gasteiger partial charge in [0.1, 0.15) is 0 Å². The first-order chi connectivity index (χ1) is 10.6. The maximum atomic E-state index is 11.9. The van der Waals surface area contributed by atoms with Crippen molar-refractivity contribution in [3.05, 3.63) is 29.8 Å². The summed E-state index contributed by atoms with van der Waals surface area (Å²) >= 11 is 0. The van der Waals surface area contributed by atoms with Gasteiger partial charge in [-0.05, 0) is 73.5 Å². The van der Waals surface area contributed by atoms with E-state index in [4.69, 9.17) is 5.73 Å². The zero-order chi connectivity index (χ0) is 14.9. The Hall–Kier alpha value is -1.35. The van der Waals surface area contributed by atoms with Gasteiger partial charge in [0.25, 0.3) is 0 Å². The molecule has 6 rings (SSSR count). The van der Waals surface area contributed by atoms with Crippen molar-refractivity contribution in [3.8, 4) is 0 Å². The van der Waals surface area contributed by atoms with Gasteiger partial charge in [0.2, 0.25) is 5.91 Å². The molecule has 1 aromatic carbocycles. The average molecular weight is 296 g/mol. The molecule has 4 unspecified atom stereocenters. The Balaban J connectivity index is 1.46. The lowest BCUT2D eigenvalue weighted by atomic mass is 9.65. The molecular formula is C19H24N2O. The molecule has 1 saturated heterocycles. The molecule has 4 atom stereocenters. The van der Waals surface area contributed by atoms with Gasteiger partial charge in [-0.15, -0.1) is 0 Å². The van der Waals surface area contributed by atoms with Gasteiger partial charge in [-0.1, -0.05) is 12.1 Å². The van der Waals surface area contributed by atoms with Crippen LogP contribution in [0.15, 0.2) is 24.3 Å². The van der Waals surface area contributed by atoms with E-state index >= 15 is 0 Å². The van der Waals surface area contributed by atoms with Gasteiger partial charge in [0.15, 0.2) is 0 Å². The first-order valence-corrected chi connectivity index (χ1v) is 8.78. The Morgan fingerprint density at radius 3 is 2.59 bits per heavy atom. The van der Waals surface area contributed by atoms with E-state index in [0.717, 1.165) is 30.5 Å². The third kappa shape index (κ3) is 1.63. The molecule has 2 N–H and O–H groups in total. The number of benzene rings is 1. The lowest BCUT2D eigenvalue weighted by Gasteiger charge is -2.40. The van der Waals surface area contributed by atoms with Gasteiger partial charge in [-0.2, -0.15) is 0 Å². The SMILES string of the molecule is NC12CC3CC1CC(c1ccc(N4CCCC4=O)cc1)(C3)C2. The normalized spacial score (nSPS) is 42.6. The van der Waals surface area contributed by atoms with Crippen molar-refractivity contribution in [1.29, 1.82) is 0 Å². The fourth-order valence-corrected chi connectivity index (χ4v) is 6.22. The van der Waals surface area contributed by atoms with Crippen molar-refractivity contribution in [3.63, 3.8) is 0 Å². The van der Waals surface area contributed by atoms with Crippen LogP contribution in [0.3, 0.4) is 0 Å². The first-order valence-electron chi connectivity index (χ1n) is 8.78. The van der Waals surface area contributed by atoms with Gasteiger partial charge in [-0.3, -0.25) is 4.79 Å². The van der Waals surface area contributed by atoms with Crippen LogP contribution < -0.4 is 10.6 Å². The summed E-state index contributed by atoms with van der Waals surface area (Å²) in [6, 6.07) is 8.86. The first kappa shape index (κ1) is 13.1. The standard InChI is InChI=1S/C19H24N2O/c20-19-10-13-8-15(19)11-18(9-13,12-19)14-3-5-16(6-4-14)21-7-1-2-17(21)22/h3-6,13,15H,1-2,7-12,20H2. The Kier molecular flexibility index (Phi) is 2.47. The van der Waals surface area contributed by atoms with E-state index in [1.165, 1.54) is 37.7 Å². The maximum Gasteiger partial charge on any atom is 0.227 e. The van der Waals surface area contributed by atoms with Gasteiger partial charge in [0, 0.05) is 24.2 Å². The Morgan fingerprint density at radius 1 is 1.14 bits per heavy atom. The van der Waals surface area contributed by atoms with Gasteiger partial charge >= 0.3 is 0 Å². The predicted molar refractivity (Wildman–Crippen MR) is 86.7 cm³/mol. The van der Waals surface area contributed by atoms with E-state index in [9.17, 15) is 4.79 Å². The molecule has 22 heavy (non-hydrogen) atoms. The average Bonchev–Trinajstić information content (AvgIpc) is 3.07. The second kappa shape index (κ2) is 4.14. The van der Waals surface area contributed by atoms with E-state index < -0.39 is 0 Å². The van der Waals surface area contributed by atoms with Crippen LogP contribution in [0.2, 0.25) is 0 Å². The van der Waals surface area contributed by atoms with Crippen LogP contribution in [0.1, 0.15) is 50.5 Å². The molecule has 4 aliphatic carbocycles. The highest BCUT2D eigenvalue weighted by Gasteiger charge is 2.62. The van der Waals surface area contributed by atoms with Crippen molar-refractivity contribution in [2.75, 3.05) is 11.4 Å². The number of carbonyl (C=O) groups is 1. The molecule has 1 amide bonds. The minimum absolute atomic E-state index is 0.118. The lowest BCUT2D eigenvalue weighted by Crippen LogP contribution is -2.43. The Morgan fingerprint density at radius 2 is 1.95 bits per heavy atom. The third-order valence-electron chi connectivity index (χ3n) is 6.95. The van der Waals surface area contributed by atoms with Gasteiger partial charge in [-0.25, -0.2) is 0 Å². The van der Waals surface area contributed by atoms with Crippen LogP contribution in [-0.4, -0.2) is 18.0 Å². The fraction of sp³-hybridized carbons (Fsp3) is 0.632. The molecule has 0 radical (unpaired) electrons. The van der Waals surface area contributed by atoms with Crippen molar-refractivity contribution in [2.24, 2.45) is 17.6 Å². The lowest BCUT2D eigenvalue weighted by molar-refractivity contribution is -0.117. The van der Waals surface area contributed by atoms with Crippen LogP contribution in [0.25, 0.3) is 0 Å². The molecule has 5 fully saturated rings. The van der Waals surface area contributed by atoms with Gasteiger partial charge < -0.3 is 10.6 Å². The van der Waals surface area contributed by atoms with Crippen LogP contribution in [0, 0.1) is 11.8 Å². The predicted octanol–water partition coefficient (Wildman–Crippen LogP) is 2.97. The molecule has 0 spiro atoms. The number of anilines is 1. The highest BCUT2D eigenvalue weighted by atomic mass is 16.2. The smallest absolute Gasteiger partial charge is 0.227 e. The quantitative estimate of drug-likeness (QED) is 0.912. The molecule has 3 nitrogen and oxygen atoms in total. The summed E-state index contributed by atoms with van der Waals surface area (Å²) in [6.45, 7) is 0.874. The van der Waals surface area contributed by atoms with Crippen LogP contribution in [0.4, 0.5) is 5.69 Å². The van der Waals surface area contributed by atoms with E-state index in [1.54, 1.807) is 0 Å². The van der Waals surface area contributed by atoms with E-state index in [-0.39, 0.29) is 11.4 Å². The maximum absolute atomic E-state index is 11.9. The zero-order valence-electron chi connectivity index (χ0n) is 13.1. The number of nitrogens with two attached hydrogens (primary N) is 1. The van der Waals surface area contributed by atoms with Crippen LogP contribution >= 0.6 is 0 Å².